The number of carbonyl (C=O) groups is 1. The maximum absolute atomic E-state index is 12.1. The van der Waals surface area contributed by atoms with Crippen LogP contribution in [0.25, 0.3) is 0 Å². The molecule has 1 heterocycles. The van der Waals surface area contributed by atoms with Crippen molar-refractivity contribution in [3.05, 3.63) is 60.0 Å². The van der Waals surface area contributed by atoms with E-state index in [-0.39, 0.29) is 18.3 Å². The zero-order valence-electron chi connectivity index (χ0n) is 15.0. The number of rotatable bonds is 8. The number of carbonyl (C=O) groups excluding carboxylic acids is 1. The Kier molecular flexibility index (Phi) is 6.32. The lowest BCUT2D eigenvalue weighted by atomic mass is 10.2. The zero-order valence-corrected chi connectivity index (χ0v) is 15.8. The predicted octanol–water partition coefficient (Wildman–Crippen LogP) is 3.70. The molecule has 0 spiro atoms. The van der Waals surface area contributed by atoms with E-state index < -0.39 is 0 Å². The van der Waals surface area contributed by atoms with Crippen molar-refractivity contribution >= 4 is 23.4 Å². The molecular weight excluding hydrogens is 366 g/mol. The summed E-state index contributed by atoms with van der Waals surface area (Å²) >= 11 is 1.16. The van der Waals surface area contributed by atoms with E-state index in [0.717, 1.165) is 23.1 Å². The Morgan fingerprint density at radius 2 is 1.93 bits per heavy atom. The average molecular weight is 385 g/mol. The van der Waals surface area contributed by atoms with Crippen LogP contribution in [-0.2, 0) is 11.4 Å². The minimum absolute atomic E-state index is 0.137. The Labute approximate surface area is 161 Å². The van der Waals surface area contributed by atoms with Gasteiger partial charge in [-0.1, -0.05) is 41.6 Å². The molecule has 3 rings (SSSR count). The van der Waals surface area contributed by atoms with Crippen molar-refractivity contribution in [2.45, 2.75) is 18.8 Å². The third-order valence-electron chi connectivity index (χ3n) is 3.54. The molecule has 0 unspecified atom stereocenters. The van der Waals surface area contributed by atoms with E-state index in [1.807, 2.05) is 43.3 Å². The first kappa shape index (κ1) is 18.8. The number of amides is 1. The van der Waals surface area contributed by atoms with E-state index in [2.05, 4.69) is 15.5 Å². The number of hydrogen-bond donors (Lipinski definition) is 1. The monoisotopic (exact) mass is 385 g/mol. The standard InChI is InChI=1S/C19H19N3O4S/c1-13-7-9-14(10-8-13)25-11-18-21-22-19(26-18)27-12-17(23)20-15-5-3-4-6-16(15)24-2/h3-10H,11-12H2,1-2H3,(H,20,23). The predicted molar refractivity (Wildman–Crippen MR) is 102 cm³/mol. The molecule has 0 saturated heterocycles. The van der Waals surface area contributed by atoms with Gasteiger partial charge < -0.3 is 19.2 Å². The van der Waals surface area contributed by atoms with Crippen molar-refractivity contribution in [3.63, 3.8) is 0 Å². The Morgan fingerprint density at radius 3 is 2.70 bits per heavy atom. The Hall–Kier alpha value is -3.00. The van der Waals surface area contributed by atoms with Gasteiger partial charge in [0, 0.05) is 0 Å². The summed E-state index contributed by atoms with van der Waals surface area (Å²) in [6.07, 6.45) is 0. The first-order valence-electron chi connectivity index (χ1n) is 8.21. The molecule has 0 atom stereocenters. The van der Waals surface area contributed by atoms with Crippen LogP contribution in [0.15, 0.2) is 58.2 Å². The van der Waals surface area contributed by atoms with Crippen LogP contribution in [0, 0.1) is 6.92 Å². The van der Waals surface area contributed by atoms with E-state index in [0.29, 0.717) is 22.6 Å². The minimum Gasteiger partial charge on any atom is -0.495 e. The summed E-state index contributed by atoms with van der Waals surface area (Å²) in [5.41, 5.74) is 1.77. The summed E-state index contributed by atoms with van der Waals surface area (Å²) in [5.74, 6) is 1.62. The van der Waals surface area contributed by atoms with Gasteiger partial charge in [-0.05, 0) is 31.2 Å². The smallest absolute Gasteiger partial charge is 0.277 e. The van der Waals surface area contributed by atoms with Crippen molar-refractivity contribution < 1.29 is 18.7 Å². The third-order valence-corrected chi connectivity index (χ3v) is 4.36. The highest BCUT2D eigenvalue weighted by atomic mass is 32.2. The lowest BCUT2D eigenvalue weighted by molar-refractivity contribution is -0.113. The van der Waals surface area contributed by atoms with Gasteiger partial charge in [0.05, 0.1) is 18.6 Å². The molecule has 3 aromatic rings. The van der Waals surface area contributed by atoms with Crippen LogP contribution in [0.5, 0.6) is 11.5 Å². The maximum Gasteiger partial charge on any atom is 0.277 e. The van der Waals surface area contributed by atoms with Gasteiger partial charge >= 0.3 is 0 Å². The summed E-state index contributed by atoms with van der Waals surface area (Å²) in [6, 6.07) is 14.9. The quantitative estimate of drug-likeness (QED) is 0.592. The highest BCUT2D eigenvalue weighted by Gasteiger charge is 2.12. The number of hydrogen-bond acceptors (Lipinski definition) is 7. The fraction of sp³-hybridized carbons (Fsp3) is 0.211. The van der Waals surface area contributed by atoms with E-state index in [1.54, 1.807) is 19.2 Å². The molecule has 2 aromatic carbocycles. The van der Waals surface area contributed by atoms with Crippen LogP contribution < -0.4 is 14.8 Å². The number of aromatic nitrogens is 2. The summed E-state index contributed by atoms with van der Waals surface area (Å²) < 4.78 is 16.3. The molecule has 27 heavy (non-hydrogen) atoms. The summed E-state index contributed by atoms with van der Waals surface area (Å²) in [4.78, 5) is 12.1. The van der Waals surface area contributed by atoms with Crippen LogP contribution in [0.1, 0.15) is 11.5 Å². The molecule has 0 fully saturated rings. The second-order valence-corrected chi connectivity index (χ2v) is 6.53. The highest BCUT2D eigenvalue weighted by Crippen LogP contribution is 2.24. The topological polar surface area (TPSA) is 86.5 Å². The number of benzene rings is 2. The highest BCUT2D eigenvalue weighted by molar-refractivity contribution is 7.99. The fourth-order valence-corrected chi connectivity index (χ4v) is 2.78. The van der Waals surface area contributed by atoms with E-state index in [4.69, 9.17) is 13.9 Å². The normalized spacial score (nSPS) is 10.4. The van der Waals surface area contributed by atoms with Crippen molar-refractivity contribution in [2.75, 3.05) is 18.2 Å². The van der Waals surface area contributed by atoms with Crippen LogP contribution in [0.4, 0.5) is 5.69 Å². The number of aryl methyl sites for hydroxylation is 1. The number of thioether (sulfide) groups is 1. The van der Waals surface area contributed by atoms with Crippen LogP contribution in [-0.4, -0.2) is 29.0 Å². The van der Waals surface area contributed by atoms with Crippen molar-refractivity contribution in [2.24, 2.45) is 0 Å². The SMILES string of the molecule is COc1ccccc1NC(=O)CSc1nnc(COc2ccc(C)cc2)o1. The van der Waals surface area contributed by atoms with Crippen LogP contribution in [0.3, 0.4) is 0 Å². The molecular formula is C19H19N3O4S. The molecule has 140 valence electrons. The van der Waals surface area contributed by atoms with Gasteiger partial charge in [0.25, 0.3) is 11.1 Å². The van der Waals surface area contributed by atoms with Crippen molar-refractivity contribution in [1.29, 1.82) is 0 Å². The zero-order chi connectivity index (χ0) is 19.1. The first-order chi connectivity index (χ1) is 13.1. The van der Waals surface area contributed by atoms with E-state index in [1.165, 1.54) is 0 Å². The fourth-order valence-electron chi connectivity index (χ4n) is 2.20. The van der Waals surface area contributed by atoms with Gasteiger partial charge in [-0.15, -0.1) is 10.2 Å². The largest absolute Gasteiger partial charge is 0.495 e. The van der Waals surface area contributed by atoms with Gasteiger partial charge in [-0.25, -0.2) is 0 Å². The Bertz CT molecular complexity index is 896. The number of anilines is 1. The van der Waals surface area contributed by atoms with Gasteiger partial charge in [0.15, 0.2) is 6.61 Å². The Morgan fingerprint density at radius 1 is 1.15 bits per heavy atom. The number of para-hydroxylation sites is 2. The van der Waals surface area contributed by atoms with Gasteiger partial charge in [0.2, 0.25) is 5.91 Å². The molecule has 1 N–H and O–H groups in total. The minimum atomic E-state index is -0.194. The van der Waals surface area contributed by atoms with Gasteiger partial charge in [-0.2, -0.15) is 0 Å². The molecule has 1 amide bonds. The lowest BCUT2D eigenvalue weighted by Gasteiger charge is -2.08. The number of methoxy groups -OCH3 is 1. The molecule has 0 bridgehead atoms. The molecule has 0 aliphatic heterocycles. The first-order valence-corrected chi connectivity index (χ1v) is 9.20. The number of nitrogens with zero attached hydrogens (tertiary/aromatic N) is 2. The molecule has 8 heteroatoms. The molecule has 7 nitrogen and oxygen atoms in total. The molecule has 0 aliphatic rings. The lowest BCUT2D eigenvalue weighted by Crippen LogP contribution is -2.14. The number of ether oxygens (including phenoxy) is 2. The summed E-state index contributed by atoms with van der Waals surface area (Å²) in [7, 11) is 1.55. The van der Waals surface area contributed by atoms with Crippen LogP contribution in [0.2, 0.25) is 0 Å². The van der Waals surface area contributed by atoms with Crippen molar-refractivity contribution in [3.8, 4) is 11.5 Å². The molecule has 0 aliphatic carbocycles. The van der Waals surface area contributed by atoms with E-state index >= 15 is 0 Å². The Balaban J connectivity index is 1.47. The molecule has 1 aromatic heterocycles. The second-order valence-electron chi connectivity index (χ2n) is 5.60. The van der Waals surface area contributed by atoms with Gasteiger partial charge in [0.1, 0.15) is 11.5 Å². The average Bonchev–Trinajstić information content (AvgIpc) is 3.14. The molecule has 0 radical (unpaired) electrons. The second kappa shape index (κ2) is 9.09. The summed E-state index contributed by atoms with van der Waals surface area (Å²) in [6.45, 7) is 2.18. The molecule has 0 saturated carbocycles. The maximum atomic E-state index is 12.1. The van der Waals surface area contributed by atoms with Crippen molar-refractivity contribution in [1.82, 2.24) is 10.2 Å². The number of nitrogens with one attached hydrogen (secondary N) is 1. The summed E-state index contributed by atoms with van der Waals surface area (Å²) in [5, 5.41) is 10.9. The third kappa shape index (κ3) is 5.49. The van der Waals surface area contributed by atoms with Crippen LogP contribution >= 0.6 is 11.8 Å². The van der Waals surface area contributed by atoms with Gasteiger partial charge in [-0.3, -0.25) is 4.79 Å². The van der Waals surface area contributed by atoms with E-state index in [9.17, 15) is 4.79 Å².